The summed E-state index contributed by atoms with van der Waals surface area (Å²) in [5.41, 5.74) is 6.77. The highest BCUT2D eigenvalue weighted by Crippen LogP contribution is 2.26. The Kier molecular flexibility index (Phi) is 4.71. The molecule has 0 aliphatic carbocycles. The SMILES string of the molecule is Nc1ccccc1NC(=O)COc1ccc(Cl)c(Cl)c1. The van der Waals surface area contributed by atoms with E-state index in [4.69, 9.17) is 33.7 Å². The second-order valence-corrected chi connectivity index (χ2v) is 4.81. The van der Waals surface area contributed by atoms with Gasteiger partial charge in [0, 0.05) is 6.07 Å². The summed E-state index contributed by atoms with van der Waals surface area (Å²) in [4.78, 5) is 11.7. The summed E-state index contributed by atoms with van der Waals surface area (Å²) in [6.45, 7) is -0.147. The first kappa shape index (κ1) is 14.5. The predicted molar refractivity (Wildman–Crippen MR) is 81.4 cm³/mol. The van der Waals surface area contributed by atoms with Crippen LogP contribution in [0.5, 0.6) is 5.75 Å². The summed E-state index contributed by atoms with van der Waals surface area (Å²) in [6.07, 6.45) is 0. The van der Waals surface area contributed by atoms with Crippen molar-refractivity contribution >= 4 is 40.5 Å². The van der Waals surface area contributed by atoms with Gasteiger partial charge in [-0.1, -0.05) is 35.3 Å². The number of hydrogen-bond donors (Lipinski definition) is 2. The van der Waals surface area contributed by atoms with E-state index in [1.165, 1.54) is 0 Å². The smallest absolute Gasteiger partial charge is 0.262 e. The van der Waals surface area contributed by atoms with Gasteiger partial charge in [-0.2, -0.15) is 0 Å². The number of hydrogen-bond acceptors (Lipinski definition) is 3. The van der Waals surface area contributed by atoms with Crippen molar-refractivity contribution in [1.82, 2.24) is 0 Å². The summed E-state index contributed by atoms with van der Waals surface area (Å²) >= 11 is 11.6. The average Bonchev–Trinajstić information content (AvgIpc) is 2.43. The molecule has 0 fully saturated rings. The van der Waals surface area contributed by atoms with E-state index in [0.29, 0.717) is 27.2 Å². The molecule has 0 unspecified atom stereocenters. The molecule has 0 aliphatic rings. The lowest BCUT2D eigenvalue weighted by Crippen LogP contribution is -2.20. The molecule has 2 rings (SSSR count). The standard InChI is InChI=1S/C14H12Cl2N2O2/c15-10-6-5-9(7-11(10)16)20-8-14(19)18-13-4-2-1-3-12(13)17/h1-7H,8,17H2,(H,18,19). The lowest BCUT2D eigenvalue weighted by atomic mass is 10.3. The average molecular weight is 311 g/mol. The summed E-state index contributed by atoms with van der Waals surface area (Å²) in [7, 11) is 0. The van der Waals surface area contributed by atoms with Gasteiger partial charge in [-0.3, -0.25) is 4.79 Å². The molecule has 6 heteroatoms. The largest absolute Gasteiger partial charge is 0.484 e. The molecule has 1 amide bonds. The first-order valence-electron chi connectivity index (χ1n) is 5.78. The fourth-order valence-electron chi connectivity index (χ4n) is 1.51. The maximum absolute atomic E-state index is 11.7. The van der Waals surface area contributed by atoms with Crippen LogP contribution in [0, 0.1) is 0 Å². The zero-order valence-corrected chi connectivity index (χ0v) is 11.9. The van der Waals surface area contributed by atoms with Crippen molar-refractivity contribution in [3.8, 4) is 5.75 Å². The number of nitrogens with two attached hydrogens (primary N) is 1. The van der Waals surface area contributed by atoms with E-state index in [1.54, 1.807) is 42.5 Å². The number of benzene rings is 2. The minimum Gasteiger partial charge on any atom is -0.484 e. The third-order valence-electron chi connectivity index (χ3n) is 2.50. The van der Waals surface area contributed by atoms with Gasteiger partial charge in [-0.15, -0.1) is 0 Å². The highest BCUT2D eigenvalue weighted by Gasteiger charge is 2.06. The minimum atomic E-state index is -0.311. The molecule has 2 aromatic rings. The minimum absolute atomic E-state index is 0.147. The van der Waals surface area contributed by atoms with E-state index < -0.39 is 0 Å². The fraction of sp³-hybridized carbons (Fsp3) is 0.0714. The monoisotopic (exact) mass is 310 g/mol. The fourth-order valence-corrected chi connectivity index (χ4v) is 1.80. The second-order valence-electron chi connectivity index (χ2n) is 4.00. The predicted octanol–water partition coefficient (Wildman–Crippen LogP) is 3.59. The summed E-state index contributed by atoms with van der Waals surface area (Å²) in [6, 6.07) is 11.8. The Hall–Kier alpha value is -1.91. The number of halogens is 2. The number of ether oxygens (including phenoxy) is 1. The van der Waals surface area contributed by atoms with Crippen molar-refractivity contribution in [3.05, 3.63) is 52.5 Å². The molecule has 4 nitrogen and oxygen atoms in total. The molecule has 0 spiro atoms. The normalized spacial score (nSPS) is 10.1. The number of rotatable bonds is 4. The van der Waals surface area contributed by atoms with Gasteiger partial charge in [0.15, 0.2) is 6.61 Å². The van der Waals surface area contributed by atoms with Crippen LogP contribution in [0.25, 0.3) is 0 Å². The van der Waals surface area contributed by atoms with Gasteiger partial charge in [0.25, 0.3) is 5.91 Å². The molecule has 0 aromatic heterocycles. The first-order chi connectivity index (χ1) is 9.56. The lowest BCUT2D eigenvalue weighted by molar-refractivity contribution is -0.118. The van der Waals surface area contributed by atoms with E-state index in [0.717, 1.165) is 0 Å². The van der Waals surface area contributed by atoms with Gasteiger partial charge in [0.05, 0.1) is 21.4 Å². The van der Waals surface area contributed by atoms with E-state index in [9.17, 15) is 4.79 Å². The van der Waals surface area contributed by atoms with Crippen LogP contribution in [-0.2, 0) is 4.79 Å². The van der Waals surface area contributed by atoms with Gasteiger partial charge in [-0.25, -0.2) is 0 Å². The van der Waals surface area contributed by atoms with Crippen LogP contribution in [0.2, 0.25) is 10.0 Å². The molecule has 0 saturated carbocycles. The van der Waals surface area contributed by atoms with Crippen LogP contribution in [0.15, 0.2) is 42.5 Å². The summed E-state index contributed by atoms with van der Waals surface area (Å²) in [5, 5.41) is 3.46. The van der Waals surface area contributed by atoms with Gasteiger partial charge in [-0.05, 0) is 24.3 Å². The van der Waals surface area contributed by atoms with Crippen LogP contribution in [0.4, 0.5) is 11.4 Å². The molecular formula is C14H12Cl2N2O2. The lowest BCUT2D eigenvalue weighted by Gasteiger charge is -2.09. The number of para-hydroxylation sites is 2. The zero-order chi connectivity index (χ0) is 14.5. The van der Waals surface area contributed by atoms with Crippen molar-refractivity contribution in [2.24, 2.45) is 0 Å². The van der Waals surface area contributed by atoms with Crippen molar-refractivity contribution in [2.45, 2.75) is 0 Å². The van der Waals surface area contributed by atoms with Crippen molar-refractivity contribution < 1.29 is 9.53 Å². The molecule has 20 heavy (non-hydrogen) atoms. The molecule has 2 aromatic carbocycles. The van der Waals surface area contributed by atoms with Crippen molar-refractivity contribution in [2.75, 3.05) is 17.7 Å². The molecule has 0 aliphatic heterocycles. The van der Waals surface area contributed by atoms with E-state index in [-0.39, 0.29) is 12.5 Å². The van der Waals surface area contributed by atoms with E-state index in [2.05, 4.69) is 5.32 Å². The van der Waals surface area contributed by atoms with Crippen LogP contribution < -0.4 is 15.8 Å². The van der Waals surface area contributed by atoms with Crippen molar-refractivity contribution in [3.63, 3.8) is 0 Å². The third-order valence-corrected chi connectivity index (χ3v) is 3.23. The number of carbonyl (C=O) groups excluding carboxylic acids is 1. The quantitative estimate of drug-likeness (QED) is 0.848. The number of amides is 1. The molecule has 0 heterocycles. The van der Waals surface area contributed by atoms with E-state index in [1.807, 2.05) is 0 Å². The maximum atomic E-state index is 11.7. The Morgan fingerprint density at radius 1 is 1.15 bits per heavy atom. The van der Waals surface area contributed by atoms with Crippen molar-refractivity contribution in [1.29, 1.82) is 0 Å². The molecule has 0 saturated heterocycles. The van der Waals surface area contributed by atoms with Gasteiger partial charge >= 0.3 is 0 Å². The molecule has 0 bridgehead atoms. The Bertz CT molecular complexity index is 632. The molecule has 104 valence electrons. The molecule has 0 atom stereocenters. The molecule has 0 radical (unpaired) electrons. The number of anilines is 2. The van der Waals surface area contributed by atoms with E-state index >= 15 is 0 Å². The topological polar surface area (TPSA) is 64.3 Å². The number of nitrogen functional groups attached to an aromatic ring is 1. The van der Waals surface area contributed by atoms with Crippen LogP contribution in [-0.4, -0.2) is 12.5 Å². The Morgan fingerprint density at radius 2 is 1.90 bits per heavy atom. The van der Waals surface area contributed by atoms with Crippen LogP contribution in [0.3, 0.4) is 0 Å². The molecule has 3 N–H and O–H groups in total. The van der Waals surface area contributed by atoms with Crippen LogP contribution >= 0.6 is 23.2 Å². The van der Waals surface area contributed by atoms with Gasteiger partial charge in [0.1, 0.15) is 5.75 Å². The summed E-state index contributed by atoms with van der Waals surface area (Å²) < 4.78 is 5.32. The first-order valence-corrected chi connectivity index (χ1v) is 6.54. The Balaban J connectivity index is 1.92. The Labute approximate surface area is 126 Å². The zero-order valence-electron chi connectivity index (χ0n) is 10.4. The maximum Gasteiger partial charge on any atom is 0.262 e. The summed E-state index contributed by atoms with van der Waals surface area (Å²) in [5.74, 6) is 0.157. The highest BCUT2D eigenvalue weighted by molar-refractivity contribution is 6.42. The third kappa shape index (κ3) is 3.79. The highest BCUT2D eigenvalue weighted by atomic mass is 35.5. The van der Waals surface area contributed by atoms with Gasteiger partial charge < -0.3 is 15.8 Å². The van der Waals surface area contributed by atoms with Gasteiger partial charge in [0.2, 0.25) is 0 Å². The van der Waals surface area contributed by atoms with Crippen LogP contribution in [0.1, 0.15) is 0 Å². The Morgan fingerprint density at radius 3 is 2.60 bits per heavy atom. The number of carbonyl (C=O) groups is 1. The second kappa shape index (κ2) is 6.50. The number of nitrogens with one attached hydrogen (secondary N) is 1. The molecular weight excluding hydrogens is 299 g/mol.